The summed E-state index contributed by atoms with van der Waals surface area (Å²) in [7, 11) is 4.16. The van der Waals surface area contributed by atoms with Crippen molar-refractivity contribution in [3.63, 3.8) is 0 Å². The minimum atomic E-state index is 1.13. The van der Waals surface area contributed by atoms with Crippen LogP contribution in [-0.4, -0.2) is 25.5 Å². The van der Waals surface area contributed by atoms with Crippen LogP contribution in [0.25, 0.3) is 0 Å². The molecular weight excluding hydrogens is 178 g/mol. The Morgan fingerprint density at radius 2 is 2.11 bits per heavy atom. The Labute approximate surface area is 65.9 Å². The van der Waals surface area contributed by atoms with Gasteiger partial charge in [0.05, 0.1) is 0 Å². The molecule has 0 amide bonds. The van der Waals surface area contributed by atoms with Crippen molar-refractivity contribution in [3.05, 3.63) is 10.6 Å². The van der Waals surface area contributed by atoms with E-state index in [1.807, 2.05) is 0 Å². The summed E-state index contributed by atoms with van der Waals surface area (Å²) in [5.74, 6) is 0. The van der Waals surface area contributed by atoms with Gasteiger partial charge in [-0.05, 0) is 31.9 Å². The Morgan fingerprint density at radius 3 is 2.44 bits per heavy atom. The first-order valence-corrected chi connectivity index (χ1v) is 3.89. The van der Waals surface area contributed by atoms with E-state index in [0.717, 1.165) is 13.0 Å². The molecule has 0 heterocycles. The Hall–Kier alpha value is 0.180. The van der Waals surface area contributed by atoms with E-state index < -0.39 is 0 Å². The van der Waals surface area contributed by atoms with Gasteiger partial charge >= 0.3 is 0 Å². The van der Waals surface area contributed by atoms with Crippen LogP contribution in [0.1, 0.15) is 13.3 Å². The number of allylic oxidation sites excluding steroid dienone is 1. The van der Waals surface area contributed by atoms with E-state index in [9.17, 15) is 0 Å². The summed E-state index contributed by atoms with van der Waals surface area (Å²) in [6.07, 6.45) is 3.31. The number of hydrogen-bond acceptors (Lipinski definition) is 1. The molecule has 0 aromatic heterocycles. The van der Waals surface area contributed by atoms with Gasteiger partial charge in [0, 0.05) is 6.54 Å². The topological polar surface area (TPSA) is 3.24 Å². The summed E-state index contributed by atoms with van der Waals surface area (Å²) in [5, 5.41) is 0. The molecule has 0 N–H and O–H groups in total. The van der Waals surface area contributed by atoms with Gasteiger partial charge in [-0.3, -0.25) is 0 Å². The van der Waals surface area contributed by atoms with Crippen LogP contribution in [0.5, 0.6) is 0 Å². The van der Waals surface area contributed by atoms with Crippen molar-refractivity contribution in [1.29, 1.82) is 0 Å². The Bertz CT molecular complexity index is 93.1. The van der Waals surface area contributed by atoms with Gasteiger partial charge in [-0.15, -0.1) is 0 Å². The molecule has 0 fully saturated rings. The lowest BCUT2D eigenvalue weighted by Crippen LogP contribution is -2.11. The second-order valence-electron chi connectivity index (χ2n) is 2.38. The van der Waals surface area contributed by atoms with Crippen LogP contribution in [0.4, 0.5) is 0 Å². The minimum Gasteiger partial charge on any atom is -0.309 e. The number of hydrogen-bond donors (Lipinski definition) is 0. The van der Waals surface area contributed by atoms with Crippen LogP contribution in [0, 0.1) is 0 Å². The minimum absolute atomic E-state index is 1.13. The lowest BCUT2D eigenvalue weighted by molar-refractivity contribution is 0.417. The maximum absolute atomic E-state index is 3.37. The summed E-state index contributed by atoms with van der Waals surface area (Å²) >= 11 is 3.37. The highest BCUT2D eigenvalue weighted by Gasteiger charge is 1.85. The van der Waals surface area contributed by atoms with Crippen LogP contribution in [-0.2, 0) is 0 Å². The maximum atomic E-state index is 3.37. The first kappa shape index (κ1) is 9.18. The fourth-order valence-corrected chi connectivity index (χ4v) is 0.751. The zero-order valence-electron chi connectivity index (χ0n) is 6.32. The van der Waals surface area contributed by atoms with E-state index in [1.54, 1.807) is 0 Å². The van der Waals surface area contributed by atoms with Crippen molar-refractivity contribution >= 4 is 15.9 Å². The highest BCUT2D eigenvalue weighted by Crippen LogP contribution is 2.02. The Kier molecular flexibility index (Phi) is 5.10. The quantitative estimate of drug-likeness (QED) is 0.662. The fraction of sp³-hybridized carbons (Fsp3) is 0.714. The molecule has 0 bridgehead atoms. The molecule has 0 aromatic rings. The van der Waals surface area contributed by atoms with Crippen LogP contribution in [0.15, 0.2) is 10.6 Å². The van der Waals surface area contributed by atoms with Crippen molar-refractivity contribution in [2.24, 2.45) is 0 Å². The number of halogens is 1. The lowest BCUT2D eigenvalue weighted by Gasteiger charge is -2.05. The molecule has 0 saturated heterocycles. The molecule has 0 aromatic carbocycles. The number of nitrogens with zero attached hydrogens (tertiary/aromatic N) is 1. The molecule has 0 radical (unpaired) electrons. The summed E-state index contributed by atoms with van der Waals surface area (Å²) in [5.41, 5.74) is 0. The predicted molar refractivity (Wildman–Crippen MR) is 45.9 cm³/mol. The van der Waals surface area contributed by atoms with Gasteiger partial charge in [0.15, 0.2) is 0 Å². The summed E-state index contributed by atoms with van der Waals surface area (Å²) in [4.78, 5) is 2.17. The van der Waals surface area contributed by atoms with Crippen molar-refractivity contribution in [2.75, 3.05) is 20.6 Å². The van der Waals surface area contributed by atoms with Crippen LogP contribution >= 0.6 is 15.9 Å². The zero-order valence-corrected chi connectivity index (χ0v) is 7.90. The van der Waals surface area contributed by atoms with E-state index in [-0.39, 0.29) is 0 Å². The first-order valence-electron chi connectivity index (χ1n) is 3.10. The summed E-state index contributed by atoms with van der Waals surface area (Å²) in [6, 6.07) is 0. The van der Waals surface area contributed by atoms with Crippen molar-refractivity contribution in [1.82, 2.24) is 4.90 Å². The van der Waals surface area contributed by atoms with Gasteiger partial charge in [-0.2, -0.15) is 0 Å². The molecule has 0 aliphatic rings. The molecule has 0 aliphatic heterocycles. The smallest absolute Gasteiger partial charge is 0.00102 e. The fourth-order valence-electron chi connectivity index (χ4n) is 0.522. The van der Waals surface area contributed by atoms with E-state index in [4.69, 9.17) is 0 Å². The monoisotopic (exact) mass is 191 g/mol. The summed E-state index contributed by atoms with van der Waals surface area (Å²) < 4.78 is 1.23. The average molecular weight is 192 g/mol. The second-order valence-corrected chi connectivity index (χ2v) is 3.63. The largest absolute Gasteiger partial charge is 0.309 e. The van der Waals surface area contributed by atoms with Gasteiger partial charge in [0.2, 0.25) is 0 Å². The van der Waals surface area contributed by atoms with E-state index in [0.29, 0.717) is 0 Å². The van der Waals surface area contributed by atoms with Gasteiger partial charge in [0.1, 0.15) is 0 Å². The van der Waals surface area contributed by atoms with Gasteiger partial charge in [-0.1, -0.05) is 22.0 Å². The molecule has 2 heteroatoms. The third-order valence-corrected chi connectivity index (χ3v) is 1.33. The molecule has 0 aliphatic carbocycles. The van der Waals surface area contributed by atoms with Gasteiger partial charge < -0.3 is 4.90 Å². The summed E-state index contributed by atoms with van der Waals surface area (Å²) in [6.45, 7) is 3.18. The normalized spacial score (nSPS) is 12.8. The van der Waals surface area contributed by atoms with Gasteiger partial charge in [-0.25, -0.2) is 0 Å². The lowest BCUT2D eigenvalue weighted by atomic mass is 10.4. The molecule has 1 nitrogen and oxygen atoms in total. The van der Waals surface area contributed by atoms with Crippen molar-refractivity contribution < 1.29 is 0 Å². The van der Waals surface area contributed by atoms with Crippen LogP contribution < -0.4 is 0 Å². The zero-order chi connectivity index (χ0) is 7.28. The Morgan fingerprint density at radius 1 is 1.56 bits per heavy atom. The van der Waals surface area contributed by atoms with Gasteiger partial charge in [0.25, 0.3) is 0 Å². The highest BCUT2D eigenvalue weighted by atomic mass is 79.9. The van der Waals surface area contributed by atoms with Crippen LogP contribution in [0.3, 0.4) is 0 Å². The van der Waals surface area contributed by atoms with Crippen molar-refractivity contribution in [3.8, 4) is 0 Å². The van der Waals surface area contributed by atoms with E-state index in [1.165, 1.54) is 4.48 Å². The molecule has 0 atom stereocenters. The maximum Gasteiger partial charge on any atom is 0.00102 e. The Balaban J connectivity index is 3.20. The first-order chi connectivity index (χ1) is 4.13. The third-order valence-electron chi connectivity index (χ3n) is 1.00. The predicted octanol–water partition coefficient (Wildman–Crippen LogP) is 2.24. The average Bonchev–Trinajstić information content (AvgIpc) is 1.63. The molecule has 0 saturated carbocycles. The highest BCUT2D eigenvalue weighted by molar-refractivity contribution is 9.11. The number of rotatable bonds is 3. The van der Waals surface area contributed by atoms with Crippen LogP contribution in [0.2, 0.25) is 0 Å². The van der Waals surface area contributed by atoms with E-state index in [2.05, 4.69) is 47.9 Å². The molecular formula is C7H14BrN. The molecule has 9 heavy (non-hydrogen) atoms. The molecule has 0 rings (SSSR count). The second kappa shape index (κ2) is 5.00. The van der Waals surface area contributed by atoms with E-state index >= 15 is 0 Å². The molecule has 0 unspecified atom stereocenters. The molecule has 54 valence electrons. The SMILES string of the molecule is C/C(Br)=C/CCN(C)C. The third kappa shape index (κ3) is 8.18. The van der Waals surface area contributed by atoms with Crippen molar-refractivity contribution in [2.45, 2.75) is 13.3 Å². The molecule has 0 spiro atoms. The standard InChI is InChI=1S/C7H14BrN/c1-7(8)5-4-6-9(2)3/h5H,4,6H2,1-3H3/b7-5-.